The van der Waals surface area contributed by atoms with Crippen molar-refractivity contribution in [2.45, 2.75) is 56.7 Å². The van der Waals surface area contributed by atoms with Gasteiger partial charge in [-0.05, 0) is 75.2 Å². The molecular weight excluding hydrogens is 392 g/mol. The van der Waals surface area contributed by atoms with Gasteiger partial charge in [0.1, 0.15) is 11.8 Å². The van der Waals surface area contributed by atoms with E-state index < -0.39 is 0 Å². The summed E-state index contributed by atoms with van der Waals surface area (Å²) in [6.07, 6.45) is 6.73. The molecule has 3 N–H and O–H groups in total. The van der Waals surface area contributed by atoms with E-state index in [4.69, 9.17) is 9.47 Å². The predicted octanol–water partition coefficient (Wildman–Crippen LogP) is 1.73. The molecule has 3 fully saturated rings. The second-order valence-corrected chi connectivity index (χ2v) is 9.34. The molecule has 1 aromatic carbocycles. The highest BCUT2D eigenvalue weighted by molar-refractivity contribution is 5.82. The maximum atomic E-state index is 12.8. The number of hydrogen-bond donors (Lipinski definition) is 3. The van der Waals surface area contributed by atoms with Crippen LogP contribution in [-0.2, 0) is 16.0 Å². The molecule has 0 bridgehead atoms. The smallest absolute Gasteiger partial charge is 0.238 e. The first-order valence-electron chi connectivity index (χ1n) is 11.8. The zero-order valence-corrected chi connectivity index (χ0v) is 18.9. The van der Waals surface area contributed by atoms with E-state index in [1.807, 2.05) is 12.1 Å². The number of benzene rings is 1. The monoisotopic (exact) mass is 430 g/mol. The van der Waals surface area contributed by atoms with Gasteiger partial charge in [0.25, 0.3) is 0 Å². The van der Waals surface area contributed by atoms with Crippen LogP contribution in [0.3, 0.4) is 0 Å². The number of nitrogens with zero attached hydrogens (tertiary/aromatic N) is 1. The molecule has 1 saturated carbocycles. The minimum atomic E-state index is -0.146. The average molecular weight is 431 g/mol. The SMILES string of the molecule is COc1ccc(CCN2CCC(CNC(=O)C3NNC4CCC(OC)CC43)CC2)cc1. The summed E-state index contributed by atoms with van der Waals surface area (Å²) in [5, 5.41) is 3.23. The van der Waals surface area contributed by atoms with Crippen molar-refractivity contribution in [3.05, 3.63) is 29.8 Å². The Morgan fingerprint density at radius 2 is 1.87 bits per heavy atom. The van der Waals surface area contributed by atoms with Gasteiger partial charge in [-0.3, -0.25) is 10.2 Å². The van der Waals surface area contributed by atoms with Crippen molar-refractivity contribution in [2.24, 2.45) is 11.8 Å². The van der Waals surface area contributed by atoms with E-state index in [-0.39, 0.29) is 18.1 Å². The van der Waals surface area contributed by atoms with Gasteiger partial charge in [0.2, 0.25) is 5.91 Å². The van der Waals surface area contributed by atoms with Crippen LogP contribution in [0.1, 0.15) is 37.7 Å². The molecule has 0 spiro atoms. The molecule has 0 radical (unpaired) electrons. The summed E-state index contributed by atoms with van der Waals surface area (Å²) in [6.45, 7) is 4.10. The van der Waals surface area contributed by atoms with Crippen molar-refractivity contribution in [3.63, 3.8) is 0 Å². The van der Waals surface area contributed by atoms with Crippen molar-refractivity contribution in [2.75, 3.05) is 40.4 Å². The highest BCUT2D eigenvalue weighted by atomic mass is 16.5. The number of likely N-dealkylation sites (tertiary alicyclic amines) is 1. The minimum Gasteiger partial charge on any atom is -0.497 e. The van der Waals surface area contributed by atoms with Crippen LogP contribution in [0, 0.1) is 11.8 Å². The van der Waals surface area contributed by atoms with Crippen molar-refractivity contribution in [1.29, 1.82) is 0 Å². The Morgan fingerprint density at radius 3 is 2.58 bits per heavy atom. The second kappa shape index (κ2) is 10.8. The summed E-state index contributed by atoms with van der Waals surface area (Å²) < 4.78 is 10.8. The lowest BCUT2D eigenvalue weighted by molar-refractivity contribution is -0.124. The van der Waals surface area contributed by atoms with Crippen LogP contribution in [-0.4, -0.2) is 69.4 Å². The Hall–Kier alpha value is -1.67. The number of hydrogen-bond acceptors (Lipinski definition) is 6. The maximum absolute atomic E-state index is 12.8. The summed E-state index contributed by atoms with van der Waals surface area (Å²) in [6, 6.07) is 8.61. The third kappa shape index (κ3) is 5.77. The van der Waals surface area contributed by atoms with E-state index in [0.717, 1.165) is 70.5 Å². The number of piperidine rings is 1. The van der Waals surface area contributed by atoms with Crippen LogP contribution < -0.4 is 20.9 Å². The van der Waals surface area contributed by atoms with Crippen LogP contribution in [0.4, 0.5) is 0 Å². The summed E-state index contributed by atoms with van der Waals surface area (Å²) >= 11 is 0. The molecule has 4 unspecified atom stereocenters. The maximum Gasteiger partial charge on any atom is 0.238 e. The number of hydrazine groups is 1. The molecule has 4 atom stereocenters. The number of nitrogens with one attached hydrogen (secondary N) is 3. The van der Waals surface area contributed by atoms with E-state index in [1.54, 1.807) is 14.2 Å². The lowest BCUT2D eigenvalue weighted by Crippen LogP contribution is -2.48. The van der Waals surface area contributed by atoms with E-state index in [0.29, 0.717) is 17.9 Å². The number of ether oxygens (including phenoxy) is 2. The number of rotatable bonds is 8. The Labute approximate surface area is 186 Å². The van der Waals surface area contributed by atoms with Crippen molar-refractivity contribution in [3.8, 4) is 5.75 Å². The summed E-state index contributed by atoms with van der Waals surface area (Å²) in [4.78, 5) is 15.4. The molecule has 2 saturated heterocycles. The molecule has 1 amide bonds. The van der Waals surface area contributed by atoms with Crippen LogP contribution >= 0.6 is 0 Å². The molecule has 1 aromatic rings. The fourth-order valence-corrected chi connectivity index (χ4v) is 5.34. The second-order valence-electron chi connectivity index (χ2n) is 9.34. The highest BCUT2D eigenvalue weighted by Gasteiger charge is 2.43. The minimum absolute atomic E-state index is 0.138. The number of methoxy groups -OCH3 is 2. The summed E-state index contributed by atoms with van der Waals surface area (Å²) in [5.74, 6) is 1.94. The first-order chi connectivity index (χ1) is 15.2. The first-order valence-corrected chi connectivity index (χ1v) is 11.8. The van der Waals surface area contributed by atoms with Crippen LogP contribution in [0.5, 0.6) is 5.75 Å². The van der Waals surface area contributed by atoms with Gasteiger partial charge in [-0.2, -0.15) is 0 Å². The van der Waals surface area contributed by atoms with Gasteiger partial charge in [-0.1, -0.05) is 12.1 Å². The lowest BCUT2D eigenvalue weighted by atomic mass is 9.80. The van der Waals surface area contributed by atoms with Gasteiger partial charge < -0.3 is 19.7 Å². The number of amides is 1. The molecule has 0 aromatic heterocycles. The van der Waals surface area contributed by atoms with Gasteiger partial charge in [0.15, 0.2) is 0 Å². The van der Waals surface area contributed by atoms with Gasteiger partial charge in [-0.25, -0.2) is 5.43 Å². The Kier molecular flexibility index (Phi) is 7.82. The molecule has 31 heavy (non-hydrogen) atoms. The molecule has 2 aliphatic heterocycles. The normalized spacial score (nSPS) is 29.5. The van der Waals surface area contributed by atoms with E-state index in [9.17, 15) is 4.79 Å². The van der Waals surface area contributed by atoms with E-state index >= 15 is 0 Å². The standard InChI is InChI=1S/C24H38N4O3/c1-30-19-5-3-17(4-6-19)9-12-28-13-10-18(11-14-28)16-25-24(29)23-21-15-20(31-2)7-8-22(21)26-27-23/h3-6,18,20-23,26-27H,7-16H2,1-2H3,(H,25,29). The van der Waals surface area contributed by atoms with E-state index in [1.165, 1.54) is 5.56 Å². The highest BCUT2D eigenvalue weighted by Crippen LogP contribution is 2.31. The van der Waals surface area contributed by atoms with Gasteiger partial charge in [-0.15, -0.1) is 0 Å². The van der Waals surface area contributed by atoms with Gasteiger partial charge in [0, 0.05) is 32.2 Å². The summed E-state index contributed by atoms with van der Waals surface area (Å²) in [5.41, 5.74) is 7.93. The molecular formula is C24H38N4O3. The zero-order chi connectivity index (χ0) is 21.6. The molecule has 7 nitrogen and oxygen atoms in total. The van der Waals surface area contributed by atoms with Gasteiger partial charge in [0.05, 0.1) is 13.2 Å². The van der Waals surface area contributed by atoms with Crippen molar-refractivity contribution in [1.82, 2.24) is 21.1 Å². The predicted molar refractivity (Wildman–Crippen MR) is 121 cm³/mol. The van der Waals surface area contributed by atoms with Gasteiger partial charge >= 0.3 is 0 Å². The Morgan fingerprint density at radius 1 is 1.10 bits per heavy atom. The number of carbonyl (C=O) groups is 1. The molecule has 3 aliphatic rings. The van der Waals surface area contributed by atoms with Crippen LogP contribution in [0.2, 0.25) is 0 Å². The quantitative estimate of drug-likeness (QED) is 0.583. The third-order valence-corrected chi connectivity index (χ3v) is 7.47. The van der Waals surface area contributed by atoms with Crippen LogP contribution in [0.25, 0.3) is 0 Å². The number of carbonyl (C=O) groups excluding carboxylic acids is 1. The summed E-state index contributed by atoms with van der Waals surface area (Å²) in [7, 11) is 3.48. The zero-order valence-electron chi connectivity index (χ0n) is 18.9. The average Bonchev–Trinajstić information content (AvgIpc) is 3.25. The van der Waals surface area contributed by atoms with Crippen molar-refractivity contribution < 1.29 is 14.3 Å². The molecule has 2 heterocycles. The molecule has 1 aliphatic carbocycles. The fraction of sp³-hybridized carbons (Fsp3) is 0.708. The van der Waals surface area contributed by atoms with Crippen molar-refractivity contribution >= 4 is 5.91 Å². The fourth-order valence-electron chi connectivity index (χ4n) is 5.34. The molecule has 172 valence electrons. The number of fused-ring (bicyclic) bond motifs is 1. The van der Waals surface area contributed by atoms with E-state index in [2.05, 4.69) is 33.2 Å². The largest absolute Gasteiger partial charge is 0.497 e. The Balaban J connectivity index is 1.15. The first kappa shape index (κ1) is 22.5. The lowest BCUT2D eigenvalue weighted by Gasteiger charge is -2.33. The molecule has 7 heteroatoms. The van der Waals surface area contributed by atoms with Crippen LogP contribution in [0.15, 0.2) is 24.3 Å². The third-order valence-electron chi connectivity index (χ3n) is 7.47. The topological polar surface area (TPSA) is 74.9 Å². The Bertz CT molecular complexity index is 705. The molecule has 4 rings (SSSR count).